The molecule has 1 aromatic carbocycles. The molecule has 0 aromatic heterocycles. The van der Waals surface area contributed by atoms with Gasteiger partial charge in [-0.1, -0.05) is 17.7 Å². The summed E-state index contributed by atoms with van der Waals surface area (Å²) in [5.74, 6) is 0.334. The lowest BCUT2D eigenvalue weighted by molar-refractivity contribution is 0.257. The van der Waals surface area contributed by atoms with Gasteiger partial charge in [0, 0.05) is 25.2 Å². The zero-order valence-corrected chi connectivity index (χ0v) is 8.83. The summed E-state index contributed by atoms with van der Waals surface area (Å²) in [5.41, 5.74) is 3.86. The van der Waals surface area contributed by atoms with Crippen LogP contribution in [-0.2, 0) is 0 Å². The summed E-state index contributed by atoms with van der Waals surface area (Å²) in [4.78, 5) is 2.26. The minimum atomic E-state index is 0.268. The van der Waals surface area contributed by atoms with Gasteiger partial charge in [0.15, 0.2) is 0 Å². The molecule has 1 aromatic rings. The largest absolute Gasteiger partial charge is 0.396 e. The van der Waals surface area contributed by atoms with Crippen LogP contribution in [-0.4, -0.2) is 25.3 Å². The van der Waals surface area contributed by atoms with E-state index in [0.29, 0.717) is 5.92 Å². The first kappa shape index (κ1) is 9.53. The molecule has 1 aliphatic heterocycles. The number of hydrogen-bond acceptors (Lipinski definition) is 2. The van der Waals surface area contributed by atoms with Crippen molar-refractivity contribution in [1.29, 1.82) is 0 Å². The molecule has 0 bridgehead atoms. The Kier molecular flexibility index (Phi) is 2.46. The summed E-state index contributed by atoms with van der Waals surface area (Å²) < 4.78 is 0. The highest BCUT2D eigenvalue weighted by molar-refractivity contribution is 5.57. The van der Waals surface area contributed by atoms with E-state index in [2.05, 4.69) is 37.1 Å². The van der Waals surface area contributed by atoms with Crippen LogP contribution in [0, 0.1) is 6.92 Å². The highest BCUT2D eigenvalue weighted by Crippen LogP contribution is 2.34. The van der Waals surface area contributed by atoms with Crippen LogP contribution in [0.25, 0.3) is 0 Å². The van der Waals surface area contributed by atoms with E-state index in [9.17, 15) is 5.11 Å². The van der Waals surface area contributed by atoms with Crippen LogP contribution in [0.1, 0.15) is 23.5 Å². The lowest BCUT2D eigenvalue weighted by Gasteiger charge is -2.32. The topological polar surface area (TPSA) is 23.5 Å². The first-order valence-electron chi connectivity index (χ1n) is 5.15. The molecule has 0 fully saturated rings. The van der Waals surface area contributed by atoms with Gasteiger partial charge in [-0.25, -0.2) is 0 Å². The van der Waals surface area contributed by atoms with E-state index in [-0.39, 0.29) is 6.61 Å². The van der Waals surface area contributed by atoms with Gasteiger partial charge < -0.3 is 10.0 Å². The first-order valence-corrected chi connectivity index (χ1v) is 5.15. The summed E-state index contributed by atoms with van der Waals surface area (Å²) in [7, 11) is 2.11. The van der Waals surface area contributed by atoms with Gasteiger partial charge in [-0.2, -0.15) is 0 Å². The SMILES string of the molecule is Cc1ccc2c(c1)C(CO)CCN2C. The molecule has 14 heavy (non-hydrogen) atoms. The molecule has 1 N–H and O–H groups in total. The minimum Gasteiger partial charge on any atom is -0.396 e. The predicted octanol–water partition coefficient (Wildman–Crippen LogP) is 1.91. The van der Waals surface area contributed by atoms with E-state index in [1.807, 2.05) is 0 Å². The first-order chi connectivity index (χ1) is 6.72. The van der Waals surface area contributed by atoms with Crippen LogP contribution in [0.15, 0.2) is 18.2 Å². The van der Waals surface area contributed by atoms with Gasteiger partial charge in [0.05, 0.1) is 6.61 Å². The molecule has 0 aliphatic carbocycles. The van der Waals surface area contributed by atoms with Crippen molar-refractivity contribution in [2.24, 2.45) is 0 Å². The van der Waals surface area contributed by atoms with Crippen molar-refractivity contribution >= 4 is 5.69 Å². The Morgan fingerprint density at radius 1 is 1.50 bits per heavy atom. The Bertz CT molecular complexity index is 335. The second-order valence-electron chi connectivity index (χ2n) is 4.15. The Morgan fingerprint density at radius 2 is 2.29 bits per heavy atom. The molecule has 0 radical (unpaired) electrons. The minimum absolute atomic E-state index is 0.268. The van der Waals surface area contributed by atoms with Crippen molar-refractivity contribution in [1.82, 2.24) is 0 Å². The van der Waals surface area contributed by atoms with Crippen molar-refractivity contribution in [3.8, 4) is 0 Å². The number of aliphatic hydroxyl groups excluding tert-OH is 1. The summed E-state index contributed by atoms with van der Waals surface area (Å²) in [6.45, 7) is 3.41. The monoisotopic (exact) mass is 191 g/mol. The maximum atomic E-state index is 9.30. The molecule has 0 saturated carbocycles. The highest BCUT2D eigenvalue weighted by atomic mass is 16.3. The van der Waals surface area contributed by atoms with Crippen LogP contribution < -0.4 is 4.90 Å². The third-order valence-corrected chi connectivity index (χ3v) is 3.07. The van der Waals surface area contributed by atoms with E-state index in [0.717, 1.165) is 13.0 Å². The Hall–Kier alpha value is -1.02. The zero-order chi connectivity index (χ0) is 10.1. The summed E-state index contributed by atoms with van der Waals surface area (Å²) in [6, 6.07) is 6.49. The van der Waals surface area contributed by atoms with Gasteiger partial charge >= 0.3 is 0 Å². The quantitative estimate of drug-likeness (QED) is 0.733. The van der Waals surface area contributed by atoms with Crippen LogP contribution in [0.5, 0.6) is 0 Å². The number of aliphatic hydroxyl groups is 1. The second kappa shape index (κ2) is 3.62. The van der Waals surface area contributed by atoms with Crippen molar-refractivity contribution in [2.45, 2.75) is 19.3 Å². The molecule has 2 heteroatoms. The molecular formula is C12H17NO. The van der Waals surface area contributed by atoms with Gasteiger partial charge in [-0.05, 0) is 25.0 Å². The average molecular weight is 191 g/mol. The third kappa shape index (κ3) is 1.50. The van der Waals surface area contributed by atoms with Crippen molar-refractivity contribution in [2.75, 3.05) is 25.1 Å². The zero-order valence-electron chi connectivity index (χ0n) is 8.83. The normalized spacial score (nSPS) is 20.8. The molecule has 2 nitrogen and oxygen atoms in total. The number of fused-ring (bicyclic) bond motifs is 1. The van der Waals surface area contributed by atoms with Crippen LogP contribution in [0.4, 0.5) is 5.69 Å². The molecule has 0 amide bonds. The molecule has 1 unspecified atom stereocenters. The fourth-order valence-electron chi connectivity index (χ4n) is 2.16. The second-order valence-corrected chi connectivity index (χ2v) is 4.15. The van der Waals surface area contributed by atoms with Crippen LogP contribution in [0.2, 0.25) is 0 Å². The molecule has 1 atom stereocenters. The van der Waals surface area contributed by atoms with Crippen LogP contribution in [0.3, 0.4) is 0 Å². The van der Waals surface area contributed by atoms with Gasteiger partial charge in [-0.15, -0.1) is 0 Å². The number of hydrogen-bond donors (Lipinski definition) is 1. The molecule has 2 rings (SSSR count). The average Bonchev–Trinajstić information content (AvgIpc) is 2.18. The number of rotatable bonds is 1. The fourth-order valence-corrected chi connectivity index (χ4v) is 2.16. The maximum Gasteiger partial charge on any atom is 0.0501 e. The van der Waals surface area contributed by atoms with E-state index >= 15 is 0 Å². The summed E-state index contributed by atoms with van der Waals surface area (Å²) in [6.07, 6.45) is 1.06. The van der Waals surface area contributed by atoms with Crippen molar-refractivity contribution < 1.29 is 5.11 Å². The number of anilines is 1. The molecular weight excluding hydrogens is 174 g/mol. The smallest absolute Gasteiger partial charge is 0.0501 e. The molecule has 0 spiro atoms. The lowest BCUT2D eigenvalue weighted by atomic mass is 9.90. The van der Waals surface area contributed by atoms with Gasteiger partial charge in [0.25, 0.3) is 0 Å². The molecule has 1 heterocycles. The Labute approximate surface area is 85.2 Å². The van der Waals surface area contributed by atoms with E-state index in [4.69, 9.17) is 0 Å². The summed E-state index contributed by atoms with van der Waals surface area (Å²) in [5, 5.41) is 9.30. The van der Waals surface area contributed by atoms with E-state index < -0.39 is 0 Å². The molecule has 1 aliphatic rings. The van der Waals surface area contributed by atoms with E-state index in [1.54, 1.807) is 0 Å². The lowest BCUT2D eigenvalue weighted by Crippen LogP contribution is -2.28. The Morgan fingerprint density at radius 3 is 3.00 bits per heavy atom. The molecule has 0 saturated heterocycles. The highest BCUT2D eigenvalue weighted by Gasteiger charge is 2.22. The standard InChI is InChI=1S/C12H17NO/c1-9-3-4-12-11(7-9)10(8-14)5-6-13(12)2/h3-4,7,10,14H,5-6,8H2,1-2H3. The number of nitrogens with zero attached hydrogens (tertiary/aromatic N) is 1. The molecule has 76 valence electrons. The predicted molar refractivity (Wildman–Crippen MR) is 58.9 cm³/mol. The maximum absolute atomic E-state index is 9.30. The van der Waals surface area contributed by atoms with Gasteiger partial charge in [0.1, 0.15) is 0 Å². The third-order valence-electron chi connectivity index (χ3n) is 3.07. The summed E-state index contributed by atoms with van der Waals surface area (Å²) >= 11 is 0. The van der Waals surface area contributed by atoms with Gasteiger partial charge in [0.2, 0.25) is 0 Å². The van der Waals surface area contributed by atoms with E-state index in [1.165, 1.54) is 16.8 Å². The number of benzene rings is 1. The Balaban J connectivity index is 2.46. The van der Waals surface area contributed by atoms with Crippen LogP contribution >= 0.6 is 0 Å². The fraction of sp³-hybridized carbons (Fsp3) is 0.500. The number of aryl methyl sites for hydroxylation is 1. The van der Waals surface area contributed by atoms with Crippen molar-refractivity contribution in [3.05, 3.63) is 29.3 Å². The van der Waals surface area contributed by atoms with Crippen molar-refractivity contribution in [3.63, 3.8) is 0 Å². The van der Waals surface area contributed by atoms with Gasteiger partial charge in [-0.3, -0.25) is 0 Å².